The molecule has 0 unspecified atom stereocenters. The van der Waals surface area contributed by atoms with Crippen molar-refractivity contribution in [3.63, 3.8) is 0 Å². The molecule has 1 aliphatic heterocycles. The fourth-order valence-electron chi connectivity index (χ4n) is 2.04. The van der Waals surface area contributed by atoms with Crippen molar-refractivity contribution in [3.05, 3.63) is 30.1 Å². The third-order valence-corrected chi connectivity index (χ3v) is 3.00. The number of nitrogens with zero attached hydrogens (tertiary/aromatic N) is 2. The summed E-state index contributed by atoms with van der Waals surface area (Å²) < 4.78 is 0. The van der Waals surface area contributed by atoms with E-state index in [4.69, 9.17) is 0 Å². The van der Waals surface area contributed by atoms with Crippen LogP contribution in [0.2, 0.25) is 0 Å². The van der Waals surface area contributed by atoms with E-state index >= 15 is 0 Å². The first-order valence-corrected chi connectivity index (χ1v) is 5.62. The number of nitrogens with one attached hydrogen (secondary N) is 1. The van der Waals surface area contributed by atoms with Gasteiger partial charge in [0.05, 0.1) is 0 Å². The maximum Gasteiger partial charge on any atom is 0.0312 e. The molecule has 2 heterocycles. The van der Waals surface area contributed by atoms with Gasteiger partial charge in [0.15, 0.2) is 0 Å². The van der Waals surface area contributed by atoms with Crippen LogP contribution in [-0.4, -0.2) is 35.1 Å². The van der Waals surface area contributed by atoms with E-state index in [-0.39, 0.29) is 0 Å². The minimum absolute atomic E-state index is 0.595. The van der Waals surface area contributed by atoms with E-state index in [1.54, 1.807) is 0 Å². The Hall–Kier alpha value is -0.930. The second-order valence-corrected chi connectivity index (χ2v) is 4.45. The number of piperazine rings is 1. The second-order valence-electron chi connectivity index (χ2n) is 4.45. The van der Waals surface area contributed by atoms with Crippen molar-refractivity contribution in [1.82, 2.24) is 15.2 Å². The zero-order valence-electron chi connectivity index (χ0n) is 9.48. The molecule has 1 saturated heterocycles. The zero-order valence-corrected chi connectivity index (χ0v) is 9.48. The van der Waals surface area contributed by atoms with E-state index in [9.17, 15) is 0 Å². The summed E-state index contributed by atoms with van der Waals surface area (Å²) in [5, 5.41) is 3.49. The summed E-state index contributed by atoms with van der Waals surface area (Å²) in [7, 11) is 0. The minimum Gasteiger partial charge on any atom is -0.311 e. The fraction of sp³-hybridized carbons (Fsp3) is 0.583. The minimum atomic E-state index is 0.595. The van der Waals surface area contributed by atoms with Crippen LogP contribution in [0, 0.1) is 0 Å². The number of pyridine rings is 1. The summed E-state index contributed by atoms with van der Waals surface area (Å²) in [6.07, 6.45) is 3.78. The Bertz CT molecular complexity index is 299. The van der Waals surface area contributed by atoms with Crippen LogP contribution >= 0.6 is 0 Å². The Balaban J connectivity index is 1.98. The second kappa shape index (κ2) is 4.73. The van der Waals surface area contributed by atoms with Gasteiger partial charge in [-0.15, -0.1) is 0 Å². The Morgan fingerprint density at radius 2 is 2.40 bits per heavy atom. The van der Waals surface area contributed by atoms with E-state index in [2.05, 4.69) is 35.1 Å². The van der Waals surface area contributed by atoms with Crippen LogP contribution in [0.4, 0.5) is 0 Å². The molecule has 15 heavy (non-hydrogen) atoms. The smallest absolute Gasteiger partial charge is 0.0312 e. The Kier molecular flexibility index (Phi) is 3.34. The molecule has 3 heteroatoms. The standard InChI is InChI=1S/C12H19N3/c1-10-8-15(11(2)6-14-10)9-12-4-3-5-13-7-12/h3-5,7,10-11,14H,6,8-9H2,1-2H3/t10-,11+/m0/s1. The third-order valence-electron chi connectivity index (χ3n) is 3.00. The quantitative estimate of drug-likeness (QED) is 0.788. The van der Waals surface area contributed by atoms with Crippen LogP contribution < -0.4 is 5.32 Å². The number of hydrogen-bond donors (Lipinski definition) is 1. The van der Waals surface area contributed by atoms with Crippen LogP contribution in [-0.2, 0) is 6.54 Å². The van der Waals surface area contributed by atoms with Crippen LogP contribution in [0.15, 0.2) is 24.5 Å². The van der Waals surface area contributed by atoms with Gasteiger partial charge in [0.25, 0.3) is 0 Å². The normalized spacial score (nSPS) is 27.9. The molecule has 0 saturated carbocycles. The molecule has 0 bridgehead atoms. The highest BCUT2D eigenvalue weighted by atomic mass is 15.2. The summed E-state index contributed by atoms with van der Waals surface area (Å²) in [4.78, 5) is 6.66. The molecule has 1 aromatic heterocycles. The first kappa shape index (κ1) is 10.6. The molecule has 1 aromatic rings. The molecule has 2 atom stereocenters. The van der Waals surface area contributed by atoms with Crippen LogP contribution in [0.5, 0.6) is 0 Å². The van der Waals surface area contributed by atoms with Gasteiger partial charge >= 0.3 is 0 Å². The van der Waals surface area contributed by atoms with Crippen LogP contribution in [0.3, 0.4) is 0 Å². The van der Waals surface area contributed by atoms with E-state index in [1.807, 2.05) is 18.5 Å². The Morgan fingerprint density at radius 1 is 1.53 bits per heavy atom. The first-order valence-electron chi connectivity index (χ1n) is 5.62. The number of hydrogen-bond acceptors (Lipinski definition) is 3. The van der Waals surface area contributed by atoms with Crippen molar-refractivity contribution in [1.29, 1.82) is 0 Å². The van der Waals surface area contributed by atoms with Crippen LogP contribution in [0.25, 0.3) is 0 Å². The van der Waals surface area contributed by atoms with Gasteiger partial charge in [-0.05, 0) is 25.5 Å². The van der Waals surface area contributed by atoms with Gasteiger partial charge in [-0.3, -0.25) is 9.88 Å². The first-order chi connectivity index (χ1) is 7.25. The van der Waals surface area contributed by atoms with Crippen molar-refractivity contribution in [3.8, 4) is 0 Å². The van der Waals surface area contributed by atoms with Gasteiger partial charge in [0.2, 0.25) is 0 Å². The van der Waals surface area contributed by atoms with E-state index in [0.717, 1.165) is 19.6 Å². The van der Waals surface area contributed by atoms with E-state index < -0.39 is 0 Å². The molecule has 1 fully saturated rings. The summed E-state index contributed by atoms with van der Waals surface area (Å²) in [5.74, 6) is 0. The van der Waals surface area contributed by atoms with E-state index in [0.29, 0.717) is 12.1 Å². The lowest BCUT2D eigenvalue weighted by molar-refractivity contribution is 0.138. The highest BCUT2D eigenvalue weighted by Crippen LogP contribution is 2.11. The lowest BCUT2D eigenvalue weighted by Gasteiger charge is -2.37. The Labute approximate surface area is 91.5 Å². The predicted octanol–water partition coefficient (Wildman–Crippen LogP) is 1.26. The molecule has 82 valence electrons. The van der Waals surface area contributed by atoms with Gasteiger partial charge in [-0.1, -0.05) is 6.07 Å². The van der Waals surface area contributed by atoms with Gasteiger partial charge in [0.1, 0.15) is 0 Å². The predicted molar refractivity (Wildman–Crippen MR) is 61.6 cm³/mol. The number of rotatable bonds is 2. The molecule has 0 amide bonds. The molecule has 1 N–H and O–H groups in total. The third kappa shape index (κ3) is 2.76. The van der Waals surface area contributed by atoms with Gasteiger partial charge in [-0.25, -0.2) is 0 Å². The van der Waals surface area contributed by atoms with Gasteiger partial charge in [0, 0.05) is 44.1 Å². The topological polar surface area (TPSA) is 28.2 Å². The molecule has 1 aliphatic rings. The highest BCUT2D eigenvalue weighted by molar-refractivity contribution is 5.08. The average Bonchev–Trinajstić information content (AvgIpc) is 2.25. The van der Waals surface area contributed by atoms with Crippen molar-refractivity contribution in [2.24, 2.45) is 0 Å². The SMILES string of the molecule is C[C@@H]1CN[C@@H](C)CN1Cc1cccnc1. The molecular weight excluding hydrogens is 186 g/mol. The number of aromatic nitrogens is 1. The zero-order chi connectivity index (χ0) is 10.7. The lowest BCUT2D eigenvalue weighted by Crippen LogP contribution is -2.53. The molecule has 0 aromatic carbocycles. The summed E-state index contributed by atoms with van der Waals surface area (Å²) in [5.41, 5.74) is 1.30. The summed E-state index contributed by atoms with van der Waals surface area (Å²) in [6.45, 7) is 7.73. The van der Waals surface area contributed by atoms with Gasteiger partial charge < -0.3 is 5.32 Å². The lowest BCUT2D eigenvalue weighted by atomic mass is 10.1. The maximum absolute atomic E-state index is 4.15. The molecule has 3 nitrogen and oxygen atoms in total. The van der Waals surface area contributed by atoms with Gasteiger partial charge in [-0.2, -0.15) is 0 Å². The molecule has 0 spiro atoms. The summed E-state index contributed by atoms with van der Waals surface area (Å²) in [6, 6.07) is 5.36. The highest BCUT2D eigenvalue weighted by Gasteiger charge is 2.21. The molecular formula is C12H19N3. The van der Waals surface area contributed by atoms with Crippen molar-refractivity contribution >= 4 is 0 Å². The molecule has 0 radical (unpaired) electrons. The Morgan fingerprint density at radius 3 is 3.13 bits per heavy atom. The monoisotopic (exact) mass is 205 g/mol. The molecule has 0 aliphatic carbocycles. The molecule has 2 rings (SSSR count). The van der Waals surface area contributed by atoms with Crippen molar-refractivity contribution < 1.29 is 0 Å². The van der Waals surface area contributed by atoms with Crippen molar-refractivity contribution in [2.75, 3.05) is 13.1 Å². The average molecular weight is 205 g/mol. The largest absolute Gasteiger partial charge is 0.311 e. The fourth-order valence-corrected chi connectivity index (χ4v) is 2.04. The van der Waals surface area contributed by atoms with Crippen molar-refractivity contribution in [2.45, 2.75) is 32.5 Å². The maximum atomic E-state index is 4.15. The summed E-state index contributed by atoms with van der Waals surface area (Å²) >= 11 is 0. The van der Waals surface area contributed by atoms with Crippen LogP contribution in [0.1, 0.15) is 19.4 Å². The van der Waals surface area contributed by atoms with E-state index in [1.165, 1.54) is 5.56 Å².